The van der Waals surface area contributed by atoms with Crippen molar-refractivity contribution in [3.8, 4) is 0 Å². The Morgan fingerprint density at radius 3 is 1.57 bits per heavy atom. The van der Waals surface area contributed by atoms with Crippen LogP contribution in [-0.2, 0) is 6.42 Å². The molecule has 0 fully saturated rings. The summed E-state index contributed by atoms with van der Waals surface area (Å²) in [5.74, 6) is 0.694. The van der Waals surface area contributed by atoms with Crippen LogP contribution in [0.3, 0.4) is 0 Å². The lowest BCUT2D eigenvalue weighted by Gasteiger charge is -2.29. The first kappa shape index (κ1) is 31.6. The Morgan fingerprint density at radius 2 is 1.08 bits per heavy atom. The van der Waals surface area contributed by atoms with Crippen molar-refractivity contribution in [2.75, 3.05) is 0 Å². The van der Waals surface area contributed by atoms with Gasteiger partial charge in [-0.05, 0) is 30.7 Å². The van der Waals surface area contributed by atoms with Crippen molar-refractivity contribution < 1.29 is 0 Å². The van der Waals surface area contributed by atoms with Crippen molar-refractivity contribution in [2.24, 2.45) is 5.92 Å². The van der Waals surface area contributed by atoms with Crippen molar-refractivity contribution in [3.05, 3.63) is 54.6 Å². The number of hydrogen-bond donors (Lipinski definition) is 0. The summed E-state index contributed by atoms with van der Waals surface area (Å²) in [5, 5.41) is 0. The lowest BCUT2D eigenvalue weighted by atomic mass is 9.84. The molecule has 0 bridgehead atoms. The number of rotatable bonds is 25. The minimum atomic E-state index is 0.575. The quantitative estimate of drug-likeness (QED) is 0.122. The van der Waals surface area contributed by atoms with Gasteiger partial charge >= 0.3 is 0 Å². The van der Waals surface area contributed by atoms with E-state index in [-0.39, 0.29) is 0 Å². The molecule has 2 rings (SSSR count). The van der Waals surface area contributed by atoms with E-state index in [4.69, 9.17) is 0 Å². The van der Waals surface area contributed by atoms with E-state index in [9.17, 15) is 0 Å². The molecule has 0 saturated heterocycles. The highest BCUT2D eigenvalue weighted by Gasteiger charge is 2.23. The minimum absolute atomic E-state index is 0.575. The number of nitrogens with zero attached hydrogens (tertiary/aromatic N) is 2. The molecule has 0 aliphatic carbocycles. The van der Waals surface area contributed by atoms with Crippen LogP contribution in [0, 0.1) is 5.92 Å². The predicted molar refractivity (Wildman–Crippen MR) is 163 cm³/mol. The van der Waals surface area contributed by atoms with Crippen LogP contribution in [0.2, 0.25) is 0 Å². The molecule has 0 aliphatic rings. The average Bonchev–Trinajstić information content (AvgIpc) is 3.46. The van der Waals surface area contributed by atoms with E-state index in [1.54, 1.807) is 0 Å². The molecule has 1 aromatic heterocycles. The van der Waals surface area contributed by atoms with Crippen molar-refractivity contribution >= 4 is 0 Å². The number of hydrogen-bond acceptors (Lipinski definition) is 1. The highest BCUT2D eigenvalue weighted by atomic mass is 15.1. The zero-order valence-corrected chi connectivity index (χ0v) is 24.7. The standard InChI is InChI=1S/C35H60N2/c1-3-5-7-9-11-13-15-17-19-24-28-35(37-30-29-36-32-37)34(31-33-25-21-20-22-26-33)27-23-18-16-14-12-10-8-6-4-2/h20-22,25-26,29-30,32,34-35H,3-19,23-24,27-28,31H2,1-2H3. The molecule has 2 atom stereocenters. The van der Waals surface area contributed by atoms with E-state index in [1.165, 1.54) is 147 Å². The Kier molecular flexibility index (Phi) is 19.2. The normalized spacial score (nSPS) is 13.1. The van der Waals surface area contributed by atoms with Gasteiger partial charge in [-0.3, -0.25) is 0 Å². The van der Waals surface area contributed by atoms with Gasteiger partial charge in [0, 0.05) is 18.4 Å². The fraction of sp³-hybridized carbons (Fsp3) is 0.743. The molecular weight excluding hydrogens is 448 g/mol. The van der Waals surface area contributed by atoms with Gasteiger partial charge < -0.3 is 4.57 Å². The zero-order valence-electron chi connectivity index (χ0n) is 24.7. The van der Waals surface area contributed by atoms with Gasteiger partial charge in [0.25, 0.3) is 0 Å². The summed E-state index contributed by atoms with van der Waals surface area (Å²) in [5.41, 5.74) is 1.50. The topological polar surface area (TPSA) is 17.8 Å². The second kappa shape index (κ2) is 22.4. The van der Waals surface area contributed by atoms with E-state index >= 15 is 0 Å². The molecule has 1 heterocycles. The highest BCUT2D eigenvalue weighted by Crippen LogP contribution is 2.32. The second-order valence-corrected chi connectivity index (χ2v) is 11.6. The molecule has 2 aromatic rings. The summed E-state index contributed by atoms with van der Waals surface area (Å²) in [7, 11) is 0. The van der Waals surface area contributed by atoms with Gasteiger partial charge in [0.1, 0.15) is 0 Å². The average molecular weight is 509 g/mol. The summed E-state index contributed by atoms with van der Waals surface area (Å²) in [6, 6.07) is 11.8. The van der Waals surface area contributed by atoms with Crippen LogP contribution in [0.15, 0.2) is 49.1 Å². The molecule has 2 nitrogen and oxygen atoms in total. The van der Waals surface area contributed by atoms with Crippen molar-refractivity contribution in [1.82, 2.24) is 9.55 Å². The Balaban J connectivity index is 1.80. The molecular formula is C35H60N2. The smallest absolute Gasteiger partial charge is 0.0948 e. The van der Waals surface area contributed by atoms with E-state index in [0.29, 0.717) is 12.0 Å². The van der Waals surface area contributed by atoms with Crippen LogP contribution in [-0.4, -0.2) is 9.55 Å². The van der Waals surface area contributed by atoms with Crippen molar-refractivity contribution in [1.29, 1.82) is 0 Å². The third-order valence-corrected chi connectivity index (χ3v) is 8.32. The molecule has 2 unspecified atom stereocenters. The maximum absolute atomic E-state index is 4.45. The zero-order chi connectivity index (χ0) is 26.2. The number of aromatic nitrogens is 2. The van der Waals surface area contributed by atoms with E-state index in [1.807, 2.05) is 6.20 Å². The maximum atomic E-state index is 4.45. The van der Waals surface area contributed by atoms with Crippen LogP contribution >= 0.6 is 0 Å². The summed E-state index contributed by atoms with van der Waals surface area (Å²) < 4.78 is 2.44. The summed E-state index contributed by atoms with van der Waals surface area (Å²) in [4.78, 5) is 4.45. The largest absolute Gasteiger partial charge is 0.334 e. The molecule has 0 aliphatic heterocycles. The molecule has 0 N–H and O–H groups in total. The first-order chi connectivity index (χ1) is 18.3. The fourth-order valence-corrected chi connectivity index (χ4v) is 6.00. The molecule has 2 heteroatoms. The van der Waals surface area contributed by atoms with E-state index < -0.39 is 0 Å². The van der Waals surface area contributed by atoms with Gasteiger partial charge in [0.05, 0.1) is 6.33 Å². The van der Waals surface area contributed by atoms with Gasteiger partial charge in [-0.1, -0.05) is 166 Å². The van der Waals surface area contributed by atoms with Crippen LogP contribution in [0.25, 0.3) is 0 Å². The predicted octanol–water partition coefficient (Wildman–Crippen LogP) is 11.5. The summed E-state index contributed by atoms with van der Waals surface area (Å²) >= 11 is 0. The first-order valence-electron chi connectivity index (χ1n) is 16.4. The third-order valence-electron chi connectivity index (χ3n) is 8.32. The fourth-order valence-electron chi connectivity index (χ4n) is 6.00. The van der Waals surface area contributed by atoms with E-state index in [2.05, 4.69) is 66.3 Å². The Hall–Kier alpha value is -1.57. The van der Waals surface area contributed by atoms with E-state index in [0.717, 1.165) is 0 Å². The van der Waals surface area contributed by atoms with Gasteiger partial charge in [0.15, 0.2) is 0 Å². The van der Waals surface area contributed by atoms with Gasteiger partial charge in [-0.15, -0.1) is 0 Å². The second-order valence-electron chi connectivity index (χ2n) is 11.6. The van der Waals surface area contributed by atoms with Crippen molar-refractivity contribution in [3.63, 3.8) is 0 Å². The molecule has 1 aromatic carbocycles. The molecule has 210 valence electrons. The first-order valence-corrected chi connectivity index (χ1v) is 16.4. The highest BCUT2D eigenvalue weighted by molar-refractivity contribution is 5.15. The number of unbranched alkanes of at least 4 members (excludes halogenated alkanes) is 17. The number of benzene rings is 1. The SMILES string of the molecule is CCCCCCCCCCCCC(C(CCCCCCCCCCC)Cc1ccccc1)n1ccnc1. The Labute approximate surface area is 231 Å². The van der Waals surface area contributed by atoms with Crippen molar-refractivity contribution in [2.45, 2.75) is 161 Å². The van der Waals surface area contributed by atoms with Gasteiger partial charge in [-0.2, -0.15) is 0 Å². The third kappa shape index (κ3) is 15.4. The molecule has 0 radical (unpaired) electrons. The number of imidazole rings is 1. The molecule has 0 spiro atoms. The molecule has 0 amide bonds. The Bertz CT molecular complexity index is 708. The van der Waals surface area contributed by atoms with Gasteiger partial charge in [-0.25, -0.2) is 4.98 Å². The monoisotopic (exact) mass is 508 g/mol. The van der Waals surface area contributed by atoms with Crippen LogP contribution in [0.4, 0.5) is 0 Å². The van der Waals surface area contributed by atoms with Crippen LogP contribution in [0.5, 0.6) is 0 Å². The Morgan fingerprint density at radius 1 is 0.595 bits per heavy atom. The summed E-state index contributed by atoms with van der Waals surface area (Å²) in [6.45, 7) is 4.61. The molecule has 0 saturated carbocycles. The van der Waals surface area contributed by atoms with Gasteiger partial charge in [0.2, 0.25) is 0 Å². The maximum Gasteiger partial charge on any atom is 0.0948 e. The molecule has 37 heavy (non-hydrogen) atoms. The minimum Gasteiger partial charge on any atom is -0.334 e. The lowest BCUT2D eigenvalue weighted by molar-refractivity contribution is 0.275. The van der Waals surface area contributed by atoms with Crippen LogP contribution in [0.1, 0.15) is 160 Å². The summed E-state index contributed by atoms with van der Waals surface area (Å²) in [6.07, 6.45) is 36.9. The lowest BCUT2D eigenvalue weighted by Crippen LogP contribution is -2.21. The van der Waals surface area contributed by atoms with Crippen LogP contribution < -0.4 is 0 Å².